The molecule has 1 aromatic heterocycles. The van der Waals surface area contributed by atoms with Crippen LogP contribution < -0.4 is 0 Å². The lowest BCUT2D eigenvalue weighted by Crippen LogP contribution is -2.59. The second-order valence-electron chi connectivity index (χ2n) is 15.9. The zero-order valence-corrected chi connectivity index (χ0v) is 32.3. The third-order valence-corrected chi connectivity index (χ3v) is 11.3. The number of carboxylic acids is 1. The number of esters is 1. The van der Waals surface area contributed by atoms with E-state index in [1.165, 1.54) is 18.5 Å². The standard InChI is InChI=1S/C36H64N4O10/c1-14-25-36(9,47)30(42)23(7)39(12)17-18(2)16-35(8,46)31(20(4)29(41)21(5)33(45)49-25)50-34-27(24(38(10)11)15-19(3)48-34)26-22(6)37-40(13)28(26)32(43)44/h18-21,23-25,27,29-31,34,41-42,46-47H,14-17H2,1-13H3,(H,43,44)/t18-,19-,20+,21-,23-,24+,25-,27+,29+,30-,31-,34+,35-,36-/m1/s1. The van der Waals surface area contributed by atoms with Gasteiger partial charge in [-0.3, -0.25) is 9.48 Å². The summed E-state index contributed by atoms with van der Waals surface area (Å²) in [6, 6.07) is -0.776. The first kappa shape index (κ1) is 42.2. The second kappa shape index (κ2) is 16.2. The van der Waals surface area contributed by atoms with Crippen LogP contribution in [0.15, 0.2) is 0 Å². The quantitative estimate of drug-likeness (QED) is 0.270. The normalized spacial score (nSPS) is 41.8. The summed E-state index contributed by atoms with van der Waals surface area (Å²) >= 11 is 0. The molecule has 0 aromatic carbocycles. The molecule has 2 aliphatic rings. The highest BCUT2D eigenvalue weighted by Crippen LogP contribution is 2.43. The van der Waals surface area contributed by atoms with Crippen LogP contribution >= 0.6 is 0 Å². The summed E-state index contributed by atoms with van der Waals surface area (Å²) in [6.45, 7) is 15.9. The van der Waals surface area contributed by atoms with Gasteiger partial charge in [0.1, 0.15) is 23.5 Å². The van der Waals surface area contributed by atoms with E-state index in [-0.39, 0.29) is 36.6 Å². The van der Waals surface area contributed by atoms with Crippen molar-refractivity contribution in [2.24, 2.45) is 24.8 Å². The van der Waals surface area contributed by atoms with Crippen LogP contribution in [0.5, 0.6) is 0 Å². The molecule has 0 unspecified atom stereocenters. The number of aromatic carboxylic acids is 1. The molecule has 0 aliphatic carbocycles. The van der Waals surface area contributed by atoms with Gasteiger partial charge >= 0.3 is 11.9 Å². The van der Waals surface area contributed by atoms with Crippen molar-refractivity contribution in [3.05, 3.63) is 17.0 Å². The maximum absolute atomic E-state index is 13.6. The predicted octanol–water partition coefficient (Wildman–Crippen LogP) is 2.14. The lowest BCUT2D eigenvalue weighted by Gasteiger charge is -2.48. The van der Waals surface area contributed by atoms with E-state index in [0.717, 1.165) is 0 Å². The van der Waals surface area contributed by atoms with Crippen LogP contribution in [0.25, 0.3) is 0 Å². The van der Waals surface area contributed by atoms with Gasteiger partial charge in [0.25, 0.3) is 0 Å². The van der Waals surface area contributed by atoms with Crippen LogP contribution in [0.1, 0.15) is 102 Å². The van der Waals surface area contributed by atoms with Crippen LogP contribution in [0.2, 0.25) is 0 Å². The fourth-order valence-electron chi connectivity index (χ4n) is 8.42. The van der Waals surface area contributed by atoms with E-state index in [2.05, 4.69) is 5.10 Å². The number of ether oxygens (including phenoxy) is 3. The van der Waals surface area contributed by atoms with Crippen molar-refractivity contribution in [2.75, 3.05) is 27.7 Å². The van der Waals surface area contributed by atoms with E-state index in [9.17, 15) is 35.1 Å². The fourth-order valence-corrected chi connectivity index (χ4v) is 8.42. The molecule has 2 saturated heterocycles. The summed E-state index contributed by atoms with van der Waals surface area (Å²) in [4.78, 5) is 30.1. The maximum Gasteiger partial charge on any atom is 0.354 e. The van der Waals surface area contributed by atoms with Crippen molar-refractivity contribution in [2.45, 2.75) is 148 Å². The molecule has 0 amide bonds. The number of likely N-dealkylation sites (N-methyl/N-ethyl adjacent to an activating group) is 2. The Balaban J connectivity index is 2.17. The molecule has 0 bridgehead atoms. The molecular formula is C36H64N4O10. The average molecular weight is 713 g/mol. The van der Waals surface area contributed by atoms with E-state index in [4.69, 9.17) is 14.2 Å². The van der Waals surface area contributed by atoms with E-state index < -0.39 is 77.6 Å². The van der Waals surface area contributed by atoms with Crippen LogP contribution in [0, 0.1) is 24.7 Å². The Kier molecular flexibility index (Phi) is 13.7. The number of aliphatic hydroxyl groups is 4. The van der Waals surface area contributed by atoms with Crippen molar-refractivity contribution in [1.82, 2.24) is 19.6 Å². The molecule has 2 aliphatic heterocycles. The smallest absolute Gasteiger partial charge is 0.354 e. The number of rotatable bonds is 6. The summed E-state index contributed by atoms with van der Waals surface area (Å²) in [7, 11) is 7.23. The van der Waals surface area contributed by atoms with Crippen LogP contribution in [0.4, 0.5) is 0 Å². The number of carbonyl (C=O) groups is 2. The molecule has 3 heterocycles. The third kappa shape index (κ3) is 8.71. The first-order chi connectivity index (χ1) is 23.0. The van der Waals surface area contributed by atoms with Gasteiger partial charge in [0.2, 0.25) is 0 Å². The van der Waals surface area contributed by atoms with Gasteiger partial charge in [-0.25, -0.2) is 4.79 Å². The number of carbonyl (C=O) groups excluding carboxylic acids is 1. The summed E-state index contributed by atoms with van der Waals surface area (Å²) in [6.07, 6.45) is -5.18. The number of aromatic nitrogens is 2. The summed E-state index contributed by atoms with van der Waals surface area (Å²) < 4.78 is 20.5. The molecule has 14 atom stereocenters. The second-order valence-corrected chi connectivity index (χ2v) is 15.9. The Bertz CT molecular complexity index is 1320. The number of hydrogen-bond acceptors (Lipinski definition) is 12. The first-order valence-electron chi connectivity index (χ1n) is 17.9. The van der Waals surface area contributed by atoms with Crippen molar-refractivity contribution in [3.63, 3.8) is 0 Å². The Hall–Kier alpha value is -2.17. The minimum atomic E-state index is -1.79. The predicted molar refractivity (Wildman–Crippen MR) is 187 cm³/mol. The van der Waals surface area contributed by atoms with Crippen molar-refractivity contribution >= 4 is 11.9 Å². The monoisotopic (exact) mass is 712 g/mol. The minimum Gasteiger partial charge on any atom is -0.477 e. The SMILES string of the molecule is CC[C@H]1OC(=O)[C@H](C)[C@@H](O)[C@H](C)[C@@H](O[C@@H]2O[C@H](C)C[C@H](N(C)C)[C@H]2c2c(C)nn(C)c2C(=O)O)[C@](C)(O)C[C@@H](C)CN(C)[C@H](C)[C@@H](O)[C@]1(C)O. The van der Waals surface area contributed by atoms with Gasteiger partial charge in [-0.15, -0.1) is 0 Å². The zero-order chi connectivity index (χ0) is 38.2. The number of hydrogen-bond donors (Lipinski definition) is 5. The molecule has 0 spiro atoms. The van der Waals surface area contributed by atoms with Gasteiger partial charge < -0.3 is 49.5 Å². The average Bonchev–Trinajstić information content (AvgIpc) is 3.31. The van der Waals surface area contributed by atoms with Gasteiger partial charge in [-0.1, -0.05) is 20.8 Å². The Morgan fingerprint density at radius 2 is 1.70 bits per heavy atom. The van der Waals surface area contributed by atoms with Gasteiger partial charge in [-0.2, -0.15) is 5.10 Å². The number of aliphatic hydroxyl groups excluding tert-OH is 2. The fraction of sp³-hybridized carbons (Fsp3) is 0.861. The summed E-state index contributed by atoms with van der Waals surface area (Å²) in [5, 5.41) is 61.7. The molecule has 0 saturated carbocycles. The molecule has 14 nitrogen and oxygen atoms in total. The number of cyclic esters (lactones) is 1. The minimum absolute atomic E-state index is 0.0127. The molecule has 14 heteroatoms. The third-order valence-electron chi connectivity index (χ3n) is 11.3. The van der Waals surface area contributed by atoms with E-state index in [0.29, 0.717) is 24.2 Å². The molecule has 5 N–H and O–H groups in total. The highest BCUT2D eigenvalue weighted by Gasteiger charge is 2.51. The molecular weight excluding hydrogens is 648 g/mol. The van der Waals surface area contributed by atoms with Crippen molar-refractivity contribution in [1.29, 1.82) is 0 Å². The van der Waals surface area contributed by atoms with Gasteiger partial charge in [0, 0.05) is 37.2 Å². The number of carboxylic acid groups (broad SMARTS) is 1. The van der Waals surface area contributed by atoms with Crippen LogP contribution in [0.3, 0.4) is 0 Å². The molecule has 3 rings (SSSR count). The maximum atomic E-state index is 13.6. The number of aryl methyl sites for hydroxylation is 2. The molecule has 1 aromatic rings. The molecule has 288 valence electrons. The highest BCUT2D eigenvalue weighted by atomic mass is 16.7. The Labute approximate surface area is 297 Å². The zero-order valence-electron chi connectivity index (χ0n) is 32.3. The largest absolute Gasteiger partial charge is 0.477 e. The van der Waals surface area contributed by atoms with E-state index >= 15 is 0 Å². The Morgan fingerprint density at radius 3 is 2.24 bits per heavy atom. The van der Waals surface area contributed by atoms with Gasteiger partial charge in [-0.05, 0) is 87.9 Å². The lowest BCUT2D eigenvalue weighted by molar-refractivity contribution is -0.275. The highest BCUT2D eigenvalue weighted by molar-refractivity contribution is 5.88. The van der Waals surface area contributed by atoms with Crippen LogP contribution in [-0.2, 0) is 26.1 Å². The van der Waals surface area contributed by atoms with E-state index in [1.807, 2.05) is 44.8 Å². The summed E-state index contributed by atoms with van der Waals surface area (Å²) in [5.74, 6) is -4.68. The molecule has 0 radical (unpaired) electrons. The Morgan fingerprint density at radius 1 is 1.10 bits per heavy atom. The lowest BCUT2D eigenvalue weighted by atomic mass is 9.77. The molecule has 2 fully saturated rings. The van der Waals surface area contributed by atoms with Gasteiger partial charge in [0.15, 0.2) is 6.29 Å². The van der Waals surface area contributed by atoms with E-state index in [1.54, 1.807) is 41.7 Å². The van der Waals surface area contributed by atoms with Crippen molar-refractivity contribution < 1.29 is 49.3 Å². The summed E-state index contributed by atoms with van der Waals surface area (Å²) in [5.41, 5.74) is -2.38. The molecule has 50 heavy (non-hydrogen) atoms. The van der Waals surface area contributed by atoms with Crippen molar-refractivity contribution in [3.8, 4) is 0 Å². The van der Waals surface area contributed by atoms with Gasteiger partial charge in [0.05, 0.1) is 41.4 Å². The topological polar surface area (TPSA) is 187 Å². The van der Waals surface area contributed by atoms with Crippen LogP contribution in [-0.4, -0.2) is 145 Å². The number of nitrogens with zero attached hydrogens (tertiary/aromatic N) is 4. The first-order valence-corrected chi connectivity index (χ1v) is 17.9.